The van der Waals surface area contributed by atoms with Crippen LogP contribution in [0.5, 0.6) is 0 Å². The molecule has 0 aliphatic heterocycles. The largest absolute Gasteiger partial charge is 0.0990 e. The molecule has 2 aliphatic carbocycles. The van der Waals surface area contributed by atoms with Crippen molar-refractivity contribution in [3.8, 4) is 11.1 Å². The molecule has 0 amide bonds. The Morgan fingerprint density at radius 3 is 2.14 bits per heavy atom. The zero-order valence-corrected chi connectivity index (χ0v) is 21.7. The highest BCUT2D eigenvalue weighted by Gasteiger charge is 2.47. The first-order valence-electron chi connectivity index (χ1n) is 12.5. The SMILES string of the molecule is C=C/C=C1\C(=C/C)C(C)(C)c2cc(C3(c4ccccc4)c4ccccc4-c4ccc(Cl)cc43)ccc21. The monoisotopic (exact) mass is 484 g/mol. The van der Waals surface area contributed by atoms with Crippen LogP contribution in [-0.4, -0.2) is 0 Å². The van der Waals surface area contributed by atoms with Crippen LogP contribution < -0.4 is 0 Å². The fourth-order valence-electron chi connectivity index (χ4n) is 6.70. The second-order valence-corrected chi connectivity index (χ2v) is 10.7. The number of benzene rings is 4. The average molecular weight is 485 g/mol. The molecule has 4 aromatic carbocycles. The summed E-state index contributed by atoms with van der Waals surface area (Å²) in [6.45, 7) is 10.8. The Bertz CT molecular complexity index is 1580. The average Bonchev–Trinajstić information content (AvgIpc) is 3.30. The summed E-state index contributed by atoms with van der Waals surface area (Å²) >= 11 is 6.68. The van der Waals surface area contributed by atoms with Gasteiger partial charge in [-0.3, -0.25) is 0 Å². The molecule has 0 heterocycles. The van der Waals surface area contributed by atoms with E-state index in [1.165, 1.54) is 55.7 Å². The molecule has 0 saturated heterocycles. The minimum Gasteiger partial charge on any atom is -0.0990 e. The Labute approximate surface area is 219 Å². The van der Waals surface area contributed by atoms with E-state index in [-0.39, 0.29) is 5.41 Å². The maximum Gasteiger partial charge on any atom is 0.0714 e. The van der Waals surface area contributed by atoms with Crippen molar-refractivity contribution >= 4 is 17.2 Å². The van der Waals surface area contributed by atoms with Crippen LogP contribution in [0.25, 0.3) is 16.7 Å². The zero-order valence-electron chi connectivity index (χ0n) is 21.0. The molecule has 0 bridgehead atoms. The van der Waals surface area contributed by atoms with E-state index in [1.807, 2.05) is 12.1 Å². The second kappa shape index (κ2) is 8.22. The van der Waals surface area contributed by atoms with Crippen molar-refractivity contribution < 1.29 is 0 Å². The first-order chi connectivity index (χ1) is 17.4. The number of halogens is 1. The van der Waals surface area contributed by atoms with Crippen molar-refractivity contribution in [2.24, 2.45) is 0 Å². The van der Waals surface area contributed by atoms with Gasteiger partial charge in [-0.05, 0) is 74.7 Å². The van der Waals surface area contributed by atoms with Crippen LogP contribution in [-0.2, 0) is 10.8 Å². The van der Waals surface area contributed by atoms with Crippen molar-refractivity contribution in [1.29, 1.82) is 0 Å². The summed E-state index contributed by atoms with van der Waals surface area (Å²) in [5, 5.41) is 0.760. The molecule has 0 nitrogen and oxygen atoms in total. The molecule has 0 aromatic heterocycles. The lowest BCUT2D eigenvalue weighted by atomic mass is 9.66. The summed E-state index contributed by atoms with van der Waals surface area (Å²) in [5.74, 6) is 0. The fourth-order valence-corrected chi connectivity index (χ4v) is 6.87. The molecule has 6 rings (SSSR count). The molecular weight excluding hydrogens is 456 g/mol. The van der Waals surface area contributed by atoms with E-state index >= 15 is 0 Å². The summed E-state index contributed by atoms with van der Waals surface area (Å²) in [5.41, 5.74) is 12.3. The molecule has 4 aromatic rings. The molecule has 36 heavy (non-hydrogen) atoms. The fraction of sp³-hybridized carbons (Fsp3) is 0.143. The number of hydrogen-bond acceptors (Lipinski definition) is 0. The Morgan fingerprint density at radius 1 is 0.694 bits per heavy atom. The lowest BCUT2D eigenvalue weighted by Crippen LogP contribution is -2.29. The van der Waals surface area contributed by atoms with Gasteiger partial charge in [0.15, 0.2) is 0 Å². The van der Waals surface area contributed by atoms with Gasteiger partial charge in [0, 0.05) is 10.4 Å². The lowest BCUT2D eigenvalue weighted by Gasteiger charge is -2.35. The Kier molecular flexibility index (Phi) is 5.21. The molecular formula is C35H29Cl. The molecule has 0 fully saturated rings. The highest BCUT2D eigenvalue weighted by atomic mass is 35.5. The van der Waals surface area contributed by atoms with Crippen LogP contribution >= 0.6 is 11.6 Å². The zero-order chi connectivity index (χ0) is 25.1. The van der Waals surface area contributed by atoms with Gasteiger partial charge in [0.1, 0.15) is 0 Å². The van der Waals surface area contributed by atoms with Crippen molar-refractivity contribution in [3.05, 3.63) is 160 Å². The van der Waals surface area contributed by atoms with Crippen LogP contribution in [0.15, 0.2) is 121 Å². The number of allylic oxidation sites excluding steroid dienone is 5. The van der Waals surface area contributed by atoms with E-state index in [1.54, 1.807) is 0 Å². The van der Waals surface area contributed by atoms with Crippen molar-refractivity contribution in [1.82, 2.24) is 0 Å². The molecule has 1 unspecified atom stereocenters. The van der Waals surface area contributed by atoms with Gasteiger partial charge < -0.3 is 0 Å². The van der Waals surface area contributed by atoms with Gasteiger partial charge in [0.25, 0.3) is 0 Å². The van der Waals surface area contributed by atoms with Crippen molar-refractivity contribution in [2.75, 3.05) is 0 Å². The number of rotatable bonds is 3. The van der Waals surface area contributed by atoms with Crippen LogP contribution in [0.2, 0.25) is 5.02 Å². The predicted octanol–water partition coefficient (Wildman–Crippen LogP) is 9.51. The van der Waals surface area contributed by atoms with Crippen LogP contribution in [0.1, 0.15) is 54.2 Å². The third-order valence-electron chi connectivity index (χ3n) is 8.17. The van der Waals surface area contributed by atoms with Gasteiger partial charge in [-0.2, -0.15) is 0 Å². The van der Waals surface area contributed by atoms with E-state index < -0.39 is 5.41 Å². The summed E-state index contributed by atoms with van der Waals surface area (Å²) < 4.78 is 0. The molecule has 0 N–H and O–H groups in total. The first kappa shape index (κ1) is 22.8. The lowest BCUT2D eigenvalue weighted by molar-refractivity contribution is 0.655. The maximum atomic E-state index is 6.68. The molecule has 176 valence electrons. The van der Waals surface area contributed by atoms with E-state index in [0.717, 1.165) is 5.02 Å². The van der Waals surface area contributed by atoms with E-state index in [9.17, 15) is 0 Å². The first-order valence-corrected chi connectivity index (χ1v) is 12.9. The molecule has 0 spiro atoms. The predicted molar refractivity (Wildman–Crippen MR) is 154 cm³/mol. The second-order valence-electron chi connectivity index (χ2n) is 10.3. The molecule has 0 saturated carbocycles. The number of fused-ring (bicyclic) bond motifs is 4. The smallest absolute Gasteiger partial charge is 0.0714 e. The van der Waals surface area contributed by atoms with E-state index in [0.29, 0.717) is 0 Å². The van der Waals surface area contributed by atoms with E-state index in [2.05, 4.69) is 124 Å². The minimum atomic E-state index is -0.454. The Morgan fingerprint density at radius 2 is 1.39 bits per heavy atom. The van der Waals surface area contributed by atoms with Gasteiger partial charge in [-0.1, -0.05) is 129 Å². The Balaban J connectivity index is 1.74. The molecule has 1 atom stereocenters. The highest BCUT2D eigenvalue weighted by Crippen LogP contribution is 2.58. The molecule has 0 radical (unpaired) electrons. The van der Waals surface area contributed by atoms with Crippen LogP contribution in [0.4, 0.5) is 0 Å². The maximum absolute atomic E-state index is 6.68. The van der Waals surface area contributed by atoms with Crippen LogP contribution in [0.3, 0.4) is 0 Å². The van der Waals surface area contributed by atoms with E-state index in [4.69, 9.17) is 11.6 Å². The van der Waals surface area contributed by atoms with Gasteiger partial charge in [-0.25, -0.2) is 0 Å². The van der Waals surface area contributed by atoms with Crippen molar-refractivity contribution in [3.63, 3.8) is 0 Å². The summed E-state index contributed by atoms with van der Waals surface area (Å²) in [6.07, 6.45) is 6.30. The van der Waals surface area contributed by atoms with Gasteiger partial charge in [0.2, 0.25) is 0 Å². The number of hydrogen-bond donors (Lipinski definition) is 0. The third kappa shape index (κ3) is 2.95. The quantitative estimate of drug-likeness (QED) is 0.239. The standard InChI is InChI=1S/C35H29Cl/c1-5-12-26-28-19-17-24(21-32(28)34(3,4)30(26)6-2)35(23-13-8-7-9-14-23)31-16-11-10-15-27(31)29-20-18-25(36)22-33(29)35/h5-22H,1H2,2-4H3/b26-12-,30-6+. The highest BCUT2D eigenvalue weighted by molar-refractivity contribution is 6.30. The normalized spacial score (nSPS) is 21.3. The molecule has 2 aliphatic rings. The van der Waals surface area contributed by atoms with Gasteiger partial charge in [0.05, 0.1) is 5.41 Å². The summed E-state index contributed by atoms with van der Waals surface area (Å²) in [4.78, 5) is 0. The summed E-state index contributed by atoms with van der Waals surface area (Å²) in [7, 11) is 0. The summed E-state index contributed by atoms with van der Waals surface area (Å²) in [6, 6.07) is 33.1. The minimum absolute atomic E-state index is 0.109. The van der Waals surface area contributed by atoms with Crippen molar-refractivity contribution in [2.45, 2.75) is 31.6 Å². The van der Waals surface area contributed by atoms with Gasteiger partial charge in [-0.15, -0.1) is 0 Å². The van der Waals surface area contributed by atoms with Crippen LogP contribution in [0, 0.1) is 0 Å². The topological polar surface area (TPSA) is 0 Å². The molecule has 1 heteroatoms. The van der Waals surface area contributed by atoms with Gasteiger partial charge >= 0.3 is 0 Å². The Hall–Kier alpha value is -3.61. The third-order valence-corrected chi connectivity index (χ3v) is 8.40.